The Morgan fingerprint density at radius 2 is 2.13 bits per heavy atom. The lowest BCUT2D eigenvalue weighted by atomic mass is 10.0. The molecule has 0 aliphatic heterocycles. The summed E-state index contributed by atoms with van der Waals surface area (Å²) in [6.07, 6.45) is 3.01. The van der Waals surface area contributed by atoms with Crippen LogP contribution >= 0.6 is 15.9 Å². The van der Waals surface area contributed by atoms with Crippen LogP contribution in [0.1, 0.15) is 24.0 Å². The number of Topliss-reactive ketones (excluding diaryl/α,β-unsaturated/α-hetero) is 1. The number of aryl methyl sites for hydroxylation is 1. The number of alkyl halides is 1. The molecule has 0 heterocycles. The molecule has 0 bridgehead atoms. The van der Waals surface area contributed by atoms with Crippen molar-refractivity contribution < 1.29 is 4.79 Å². The molecule has 0 saturated heterocycles. The molecule has 0 N–H and O–H groups in total. The molecule has 1 fully saturated rings. The Bertz CT molecular complexity index is 369. The normalized spacial score (nSPS) is 17.5. The zero-order valence-corrected chi connectivity index (χ0v) is 10.5. The second-order valence-corrected chi connectivity index (χ2v) is 5.38. The van der Waals surface area contributed by atoms with E-state index in [0.717, 1.165) is 19.3 Å². The minimum absolute atomic E-state index is 0.00565. The summed E-state index contributed by atoms with van der Waals surface area (Å²) < 4.78 is 0. The largest absolute Gasteiger partial charge is 0.298 e. The van der Waals surface area contributed by atoms with Crippen LogP contribution < -0.4 is 0 Å². The average Bonchev–Trinajstić information content (AvgIpc) is 3.04. The number of carbonyl (C=O) groups excluding carboxylic acids is 1. The molecule has 1 aliphatic carbocycles. The smallest absolute Gasteiger partial charge is 0.149 e. The summed E-state index contributed by atoms with van der Waals surface area (Å²) in [4.78, 5) is 11.8. The Balaban J connectivity index is 2.01. The van der Waals surface area contributed by atoms with E-state index in [1.54, 1.807) is 0 Å². The summed E-state index contributed by atoms with van der Waals surface area (Å²) in [5.74, 6) is 0.733. The summed E-state index contributed by atoms with van der Waals surface area (Å²) >= 11 is 3.51. The maximum Gasteiger partial charge on any atom is 0.149 e. The molecule has 80 valence electrons. The molecular formula is C13H15BrO. The quantitative estimate of drug-likeness (QED) is 0.765. The van der Waals surface area contributed by atoms with Gasteiger partial charge in [0.05, 0.1) is 4.83 Å². The Labute approximate surface area is 99.0 Å². The van der Waals surface area contributed by atoms with Crippen LogP contribution in [0, 0.1) is 12.8 Å². The Kier molecular flexibility index (Phi) is 3.25. The van der Waals surface area contributed by atoms with Crippen molar-refractivity contribution in [2.75, 3.05) is 0 Å². The highest BCUT2D eigenvalue weighted by molar-refractivity contribution is 9.10. The molecule has 1 aromatic carbocycles. The summed E-state index contributed by atoms with van der Waals surface area (Å²) in [7, 11) is 0. The van der Waals surface area contributed by atoms with E-state index in [-0.39, 0.29) is 4.83 Å². The maximum atomic E-state index is 11.8. The fraction of sp³-hybridized carbons (Fsp3) is 0.462. The number of hydrogen-bond donors (Lipinski definition) is 0. The molecule has 2 rings (SSSR count). The van der Waals surface area contributed by atoms with E-state index in [1.165, 1.54) is 11.1 Å². The first-order valence-electron chi connectivity index (χ1n) is 5.41. The fourth-order valence-electron chi connectivity index (χ4n) is 1.76. The number of halogens is 1. The number of carbonyl (C=O) groups is 1. The average molecular weight is 267 g/mol. The molecule has 1 aromatic rings. The van der Waals surface area contributed by atoms with Gasteiger partial charge >= 0.3 is 0 Å². The second kappa shape index (κ2) is 4.48. The van der Waals surface area contributed by atoms with E-state index in [2.05, 4.69) is 35.0 Å². The summed E-state index contributed by atoms with van der Waals surface area (Å²) in [6, 6.07) is 8.26. The van der Waals surface area contributed by atoms with Gasteiger partial charge in [-0.05, 0) is 37.3 Å². The summed E-state index contributed by atoms with van der Waals surface area (Å²) in [6.45, 7) is 2.09. The van der Waals surface area contributed by atoms with Crippen LogP contribution in [0.15, 0.2) is 24.3 Å². The van der Waals surface area contributed by atoms with Gasteiger partial charge in [0, 0.05) is 5.92 Å². The van der Waals surface area contributed by atoms with Gasteiger partial charge in [0.25, 0.3) is 0 Å². The van der Waals surface area contributed by atoms with Crippen molar-refractivity contribution in [2.45, 2.75) is 31.0 Å². The second-order valence-electron chi connectivity index (χ2n) is 4.27. The maximum absolute atomic E-state index is 11.8. The molecule has 1 saturated carbocycles. The third-order valence-electron chi connectivity index (χ3n) is 2.95. The van der Waals surface area contributed by atoms with Gasteiger partial charge in [0.2, 0.25) is 0 Å². The minimum Gasteiger partial charge on any atom is -0.298 e. The van der Waals surface area contributed by atoms with Crippen molar-refractivity contribution in [3.63, 3.8) is 0 Å². The fourth-order valence-corrected chi connectivity index (χ4v) is 2.48. The first-order chi connectivity index (χ1) is 7.18. The highest BCUT2D eigenvalue weighted by Gasteiger charge is 2.33. The van der Waals surface area contributed by atoms with Crippen LogP contribution in [0.2, 0.25) is 0 Å². The standard InChI is InChI=1S/C13H15BrO/c1-9-4-2-3-5-11(9)8-12(14)13(15)10-6-7-10/h2-5,10,12H,6-8H2,1H3. The molecule has 1 nitrogen and oxygen atoms in total. The van der Waals surface area contributed by atoms with Crippen molar-refractivity contribution in [3.05, 3.63) is 35.4 Å². The van der Waals surface area contributed by atoms with Gasteiger partial charge in [-0.1, -0.05) is 40.2 Å². The highest BCUT2D eigenvalue weighted by atomic mass is 79.9. The van der Waals surface area contributed by atoms with Crippen molar-refractivity contribution in [2.24, 2.45) is 5.92 Å². The zero-order chi connectivity index (χ0) is 10.8. The number of hydrogen-bond acceptors (Lipinski definition) is 1. The van der Waals surface area contributed by atoms with Gasteiger partial charge in [0.15, 0.2) is 0 Å². The molecule has 0 radical (unpaired) electrons. The molecule has 15 heavy (non-hydrogen) atoms. The Morgan fingerprint density at radius 1 is 1.47 bits per heavy atom. The van der Waals surface area contributed by atoms with Crippen molar-refractivity contribution in [3.8, 4) is 0 Å². The van der Waals surface area contributed by atoms with E-state index in [4.69, 9.17) is 0 Å². The summed E-state index contributed by atoms with van der Waals surface area (Å²) in [5.41, 5.74) is 2.54. The molecule has 1 aliphatic rings. The van der Waals surface area contributed by atoms with E-state index in [9.17, 15) is 4.79 Å². The predicted molar refractivity (Wildman–Crippen MR) is 65.3 cm³/mol. The van der Waals surface area contributed by atoms with Gasteiger partial charge in [0.1, 0.15) is 5.78 Å². The van der Waals surface area contributed by atoms with Crippen molar-refractivity contribution >= 4 is 21.7 Å². The van der Waals surface area contributed by atoms with Gasteiger partial charge in [-0.2, -0.15) is 0 Å². The SMILES string of the molecule is Cc1ccccc1CC(Br)C(=O)C1CC1. The predicted octanol–water partition coefficient (Wildman–Crippen LogP) is 3.28. The number of rotatable bonds is 4. The van der Waals surface area contributed by atoms with Crippen LogP contribution in [0.4, 0.5) is 0 Å². The molecular weight excluding hydrogens is 252 g/mol. The van der Waals surface area contributed by atoms with Gasteiger partial charge in [-0.3, -0.25) is 4.79 Å². The lowest BCUT2D eigenvalue weighted by molar-refractivity contribution is -0.119. The minimum atomic E-state index is 0.00565. The molecule has 1 unspecified atom stereocenters. The number of ketones is 1. The van der Waals surface area contributed by atoms with Crippen molar-refractivity contribution in [1.82, 2.24) is 0 Å². The topological polar surface area (TPSA) is 17.1 Å². The Hall–Kier alpha value is -0.630. The van der Waals surface area contributed by atoms with E-state index in [0.29, 0.717) is 11.7 Å². The zero-order valence-electron chi connectivity index (χ0n) is 8.87. The Morgan fingerprint density at radius 3 is 2.73 bits per heavy atom. The molecule has 0 aromatic heterocycles. The summed E-state index contributed by atoms with van der Waals surface area (Å²) in [5, 5.41) is 0. The van der Waals surface area contributed by atoms with Crippen LogP contribution in [0.5, 0.6) is 0 Å². The van der Waals surface area contributed by atoms with Crippen LogP contribution in [0.25, 0.3) is 0 Å². The van der Waals surface area contributed by atoms with Crippen LogP contribution in [-0.2, 0) is 11.2 Å². The third-order valence-corrected chi connectivity index (χ3v) is 3.72. The molecule has 0 spiro atoms. The molecule has 1 atom stereocenters. The lowest BCUT2D eigenvalue weighted by Gasteiger charge is -2.10. The lowest BCUT2D eigenvalue weighted by Crippen LogP contribution is -2.18. The van der Waals surface area contributed by atoms with Crippen molar-refractivity contribution in [1.29, 1.82) is 0 Å². The van der Waals surface area contributed by atoms with E-state index >= 15 is 0 Å². The van der Waals surface area contributed by atoms with Gasteiger partial charge < -0.3 is 0 Å². The highest BCUT2D eigenvalue weighted by Crippen LogP contribution is 2.33. The molecule has 0 amide bonds. The third kappa shape index (κ3) is 2.69. The molecule has 2 heteroatoms. The first-order valence-corrected chi connectivity index (χ1v) is 6.32. The van der Waals surface area contributed by atoms with Gasteiger partial charge in [-0.25, -0.2) is 0 Å². The van der Waals surface area contributed by atoms with E-state index < -0.39 is 0 Å². The van der Waals surface area contributed by atoms with Crippen LogP contribution in [-0.4, -0.2) is 10.6 Å². The van der Waals surface area contributed by atoms with Crippen LogP contribution in [0.3, 0.4) is 0 Å². The van der Waals surface area contributed by atoms with E-state index in [1.807, 2.05) is 12.1 Å². The van der Waals surface area contributed by atoms with Gasteiger partial charge in [-0.15, -0.1) is 0 Å². The number of benzene rings is 1. The first kappa shape index (κ1) is 10.9. The monoisotopic (exact) mass is 266 g/mol.